The fourth-order valence-corrected chi connectivity index (χ4v) is 5.17. The van der Waals surface area contributed by atoms with Gasteiger partial charge in [-0.2, -0.15) is 18.3 Å². The topological polar surface area (TPSA) is 82.8 Å². The number of halogens is 3. The quantitative estimate of drug-likeness (QED) is 0.378. The van der Waals surface area contributed by atoms with E-state index in [4.69, 9.17) is 0 Å². The van der Waals surface area contributed by atoms with Crippen molar-refractivity contribution in [3.63, 3.8) is 0 Å². The summed E-state index contributed by atoms with van der Waals surface area (Å²) in [6, 6.07) is 11.8. The van der Waals surface area contributed by atoms with Gasteiger partial charge >= 0.3 is 6.18 Å². The van der Waals surface area contributed by atoms with Gasteiger partial charge in [-0.05, 0) is 55.3 Å². The Bertz CT molecular complexity index is 1430. The van der Waals surface area contributed by atoms with Gasteiger partial charge in [-0.1, -0.05) is 12.1 Å². The molecule has 7 nitrogen and oxygen atoms in total. The molecule has 4 aromatic rings. The number of piperazine rings is 1. The highest BCUT2D eigenvalue weighted by Crippen LogP contribution is 2.35. The van der Waals surface area contributed by atoms with Crippen LogP contribution in [0.1, 0.15) is 19.4 Å². The molecule has 1 unspecified atom stereocenters. The molecule has 36 heavy (non-hydrogen) atoms. The molecule has 2 aromatic carbocycles. The van der Waals surface area contributed by atoms with Gasteiger partial charge in [0, 0.05) is 54.4 Å². The zero-order chi connectivity index (χ0) is 25.6. The van der Waals surface area contributed by atoms with Crippen molar-refractivity contribution in [1.82, 2.24) is 19.9 Å². The smallest absolute Gasteiger partial charge is 0.364 e. The Morgan fingerprint density at radius 1 is 1.00 bits per heavy atom. The second-order valence-electron chi connectivity index (χ2n) is 8.97. The van der Waals surface area contributed by atoms with E-state index in [0.717, 1.165) is 36.0 Å². The van der Waals surface area contributed by atoms with Crippen LogP contribution in [0.3, 0.4) is 0 Å². The highest BCUT2D eigenvalue weighted by Gasteiger charge is 2.32. The molecule has 0 bridgehead atoms. The zero-order valence-electron chi connectivity index (χ0n) is 19.5. The first-order valence-corrected chi connectivity index (χ1v) is 12.5. The van der Waals surface area contributed by atoms with Gasteiger partial charge in [-0.15, -0.1) is 0 Å². The van der Waals surface area contributed by atoms with E-state index in [1.807, 2.05) is 12.1 Å². The molecule has 1 saturated heterocycles. The predicted octanol–water partition coefficient (Wildman–Crippen LogP) is 4.85. The minimum absolute atomic E-state index is 0.112. The summed E-state index contributed by atoms with van der Waals surface area (Å²) in [5.74, 6) is 0. The second-order valence-corrected chi connectivity index (χ2v) is 9.94. The molecule has 2 N–H and O–H groups in total. The van der Waals surface area contributed by atoms with Crippen molar-refractivity contribution in [3.05, 3.63) is 66.6 Å². The number of alkyl halides is 3. The van der Waals surface area contributed by atoms with Crippen LogP contribution in [0.15, 0.2) is 66.0 Å². The summed E-state index contributed by atoms with van der Waals surface area (Å²) in [4.78, 5) is 6.51. The van der Waals surface area contributed by atoms with Crippen molar-refractivity contribution in [2.24, 2.45) is 0 Å². The van der Waals surface area contributed by atoms with Crippen LogP contribution < -0.4 is 10.2 Å². The van der Waals surface area contributed by atoms with Crippen LogP contribution in [0.25, 0.3) is 27.9 Å². The molecule has 188 valence electrons. The molecule has 1 aliphatic heterocycles. The van der Waals surface area contributed by atoms with Crippen LogP contribution in [0.4, 0.5) is 18.9 Å². The van der Waals surface area contributed by atoms with Gasteiger partial charge in [0.05, 0.1) is 16.7 Å². The first-order chi connectivity index (χ1) is 17.1. The van der Waals surface area contributed by atoms with E-state index in [2.05, 4.69) is 46.3 Å². The molecule has 11 heteroatoms. The van der Waals surface area contributed by atoms with Gasteiger partial charge in [-0.3, -0.25) is 0 Å². The number of nitrogens with one attached hydrogen (secondary N) is 1. The molecule has 0 spiro atoms. The zero-order valence-corrected chi connectivity index (χ0v) is 20.3. The third-order valence-corrected chi connectivity index (χ3v) is 7.07. The average molecular weight is 516 g/mol. The number of hydrogen-bond donors (Lipinski definition) is 2. The maximum absolute atomic E-state index is 13.4. The molecule has 3 atom stereocenters. The van der Waals surface area contributed by atoms with Crippen molar-refractivity contribution in [2.45, 2.75) is 37.0 Å². The second kappa shape index (κ2) is 9.30. The Kier molecular flexibility index (Phi) is 6.31. The van der Waals surface area contributed by atoms with Crippen molar-refractivity contribution in [1.29, 1.82) is 0 Å². The normalized spacial score (nSPS) is 19.6. The SMILES string of the molecule is C[C@@H]1CNC[C@H](C)N1c1ccc(-c2cnc3c(-c4cc(S(=O)O)cc(C(F)(F)F)c4)cnn3c2)cc1. The lowest BCUT2D eigenvalue weighted by Gasteiger charge is -2.41. The van der Waals surface area contributed by atoms with Gasteiger partial charge < -0.3 is 14.8 Å². The molecule has 5 rings (SSSR count). The molecule has 1 aliphatic rings. The van der Waals surface area contributed by atoms with Crippen molar-refractivity contribution < 1.29 is 21.9 Å². The molecule has 0 radical (unpaired) electrons. The largest absolute Gasteiger partial charge is 0.416 e. The summed E-state index contributed by atoms with van der Waals surface area (Å²) in [7, 11) is 0. The molecular formula is C25H24F3N5O2S. The van der Waals surface area contributed by atoms with Crippen LogP contribution in [0, 0.1) is 0 Å². The van der Waals surface area contributed by atoms with Crippen LogP contribution >= 0.6 is 0 Å². The number of fused-ring (bicyclic) bond motifs is 1. The Morgan fingerprint density at radius 3 is 2.33 bits per heavy atom. The summed E-state index contributed by atoms with van der Waals surface area (Å²) in [6.45, 7) is 6.23. The van der Waals surface area contributed by atoms with Gasteiger partial charge in [0.15, 0.2) is 16.7 Å². The van der Waals surface area contributed by atoms with Crippen LogP contribution in [-0.2, 0) is 17.3 Å². The number of benzene rings is 2. The third-order valence-electron chi connectivity index (χ3n) is 6.43. The summed E-state index contributed by atoms with van der Waals surface area (Å²) >= 11 is -2.57. The maximum atomic E-state index is 13.4. The van der Waals surface area contributed by atoms with E-state index < -0.39 is 22.8 Å². The molecule has 3 heterocycles. The van der Waals surface area contributed by atoms with Crippen molar-refractivity contribution in [3.8, 4) is 22.3 Å². The van der Waals surface area contributed by atoms with Gasteiger partial charge in [0.25, 0.3) is 0 Å². The fraction of sp³-hybridized carbons (Fsp3) is 0.280. The standard InChI is InChI=1S/C25H24F3N5O2S/c1-15-10-29-11-16(2)33(15)21-5-3-17(4-6-21)19-12-30-24-23(13-31-32(24)14-19)18-7-20(25(26,27)28)9-22(8-18)36(34)35/h3-9,12-16,29H,10-11H2,1-2H3,(H,34,35)/t15-,16+. The fourth-order valence-electron chi connectivity index (χ4n) is 4.71. The van der Waals surface area contributed by atoms with Crippen LogP contribution in [-0.4, -0.2) is 48.5 Å². The number of rotatable bonds is 4. The highest BCUT2D eigenvalue weighted by atomic mass is 32.2. The lowest BCUT2D eigenvalue weighted by Crippen LogP contribution is -2.55. The molecule has 2 aromatic heterocycles. The van der Waals surface area contributed by atoms with Crippen LogP contribution in [0.2, 0.25) is 0 Å². The molecule has 0 amide bonds. The van der Waals surface area contributed by atoms with Crippen molar-refractivity contribution >= 4 is 22.4 Å². The number of hydrogen-bond acceptors (Lipinski definition) is 5. The van der Waals surface area contributed by atoms with E-state index in [0.29, 0.717) is 29.4 Å². The van der Waals surface area contributed by atoms with Gasteiger partial charge in [0.2, 0.25) is 0 Å². The number of aromatic nitrogens is 3. The first-order valence-electron chi connectivity index (χ1n) is 11.4. The molecule has 0 aliphatic carbocycles. The van der Waals surface area contributed by atoms with E-state index >= 15 is 0 Å². The molecule has 1 fully saturated rings. The van der Waals surface area contributed by atoms with Crippen LogP contribution in [0.5, 0.6) is 0 Å². The monoisotopic (exact) mass is 515 g/mol. The van der Waals surface area contributed by atoms with E-state index in [1.165, 1.54) is 16.8 Å². The summed E-state index contributed by atoms with van der Waals surface area (Å²) < 4.78 is 62.6. The third kappa shape index (κ3) is 4.61. The van der Waals surface area contributed by atoms with E-state index in [-0.39, 0.29) is 10.5 Å². The van der Waals surface area contributed by atoms with Gasteiger partial charge in [-0.25, -0.2) is 13.7 Å². The summed E-state index contributed by atoms with van der Waals surface area (Å²) in [5, 5.41) is 7.71. The molecule has 0 saturated carbocycles. The number of anilines is 1. The Labute approximate surface area is 208 Å². The molecular weight excluding hydrogens is 491 g/mol. The summed E-state index contributed by atoms with van der Waals surface area (Å²) in [6.07, 6.45) is 0.141. The highest BCUT2D eigenvalue weighted by molar-refractivity contribution is 7.79. The van der Waals surface area contributed by atoms with E-state index in [9.17, 15) is 21.9 Å². The van der Waals surface area contributed by atoms with E-state index in [1.54, 1.807) is 12.4 Å². The first kappa shape index (κ1) is 24.4. The lowest BCUT2D eigenvalue weighted by atomic mass is 10.0. The van der Waals surface area contributed by atoms with Gasteiger partial charge in [0.1, 0.15) is 0 Å². The predicted molar refractivity (Wildman–Crippen MR) is 132 cm³/mol. The Balaban J connectivity index is 1.48. The maximum Gasteiger partial charge on any atom is 0.416 e. The lowest BCUT2D eigenvalue weighted by molar-refractivity contribution is -0.137. The van der Waals surface area contributed by atoms with Crippen molar-refractivity contribution in [2.75, 3.05) is 18.0 Å². The Hall–Kier alpha value is -3.28. The minimum atomic E-state index is -4.67. The minimum Gasteiger partial charge on any atom is -0.364 e. The summed E-state index contributed by atoms with van der Waals surface area (Å²) in [5.41, 5.74) is 2.63. The number of nitrogens with zero attached hydrogens (tertiary/aromatic N) is 4. The average Bonchev–Trinajstić information content (AvgIpc) is 3.27. The Morgan fingerprint density at radius 2 is 1.69 bits per heavy atom.